The minimum absolute atomic E-state index is 0.0356. The van der Waals surface area contributed by atoms with E-state index < -0.39 is 57.3 Å². The van der Waals surface area contributed by atoms with Gasteiger partial charge in [0.25, 0.3) is 0 Å². The molecule has 6 atom stereocenters. The van der Waals surface area contributed by atoms with Crippen LogP contribution >= 0.6 is 11.6 Å². The van der Waals surface area contributed by atoms with Crippen LogP contribution in [0.25, 0.3) is 0 Å². The average Bonchev–Trinajstić information content (AvgIpc) is 3.14. The number of anilines is 1. The van der Waals surface area contributed by atoms with Crippen molar-refractivity contribution >= 4 is 39.3 Å². The molecule has 2 aromatic carbocycles. The summed E-state index contributed by atoms with van der Waals surface area (Å²) in [4.78, 5) is 26.9. The number of carbonyl (C=O) groups excluding carboxylic acids is 2. The molecule has 0 radical (unpaired) electrons. The number of nitrogens with one attached hydrogen (secondary N) is 3. The zero-order chi connectivity index (χ0) is 33.9. The number of carbonyl (C=O) groups is 2. The van der Waals surface area contributed by atoms with Crippen LogP contribution in [0.1, 0.15) is 63.0 Å². The van der Waals surface area contributed by atoms with E-state index in [0.29, 0.717) is 44.0 Å². The largest absolute Gasteiger partial charge is 0.453 e. The van der Waals surface area contributed by atoms with Crippen LogP contribution in [0.4, 0.5) is 19.3 Å². The van der Waals surface area contributed by atoms with Crippen LogP contribution in [0.5, 0.6) is 0 Å². The van der Waals surface area contributed by atoms with Crippen LogP contribution in [0.15, 0.2) is 36.4 Å². The van der Waals surface area contributed by atoms with Crippen LogP contribution in [0.3, 0.4) is 0 Å². The third-order valence-electron chi connectivity index (χ3n) is 9.54. The second-order valence-corrected chi connectivity index (χ2v) is 15.7. The van der Waals surface area contributed by atoms with Gasteiger partial charge in [-0.1, -0.05) is 23.7 Å². The fourth-order valence-electron chi connectivity index (χ4n) is 7.24. The molecule has 2 bridgehead atoms. The first-order valence-electron chi connectivity index (χ1n) is 16.0. The summed E-state index contributed by atoms with van der Waals surface area (Å²) in [5.74, 6) is -3.06. The Labute approximate surface area is 279 Å². The van der Waals surface area contributed by atoms with E-state index in [9.17, 15) is 18.0 Å². The van der Waals surface area contributed by atoms with E-state index in [0.717, 1.165) is 24.1 Å². The fraction of sp³-hybridized carbons (Fsp3) is 0.576. The van der Waals surface area contributed by atoms with E-state index in [4.69, 9.17) is 21.1 Å². The molecule has 6 unspecified atom stereocenters. The van der Waals surface area contributed by atoms with Gasteiger partial charge in [-0.25, -0.2) is 22.0 Å². The molecule has 3 heterocycles. The molecule has 0 aromatic heterocycles. The van der Waals surface area contributed by atoms with Gasteiger partial charge in [-0.2, -0.15) is 4.31 Å². The van der Waals surface area contributed by atoms with Gasteiger partial charge in [0.05, 0.1) is 24.2 Å². The highest BCUT2D eigenvalue weighted by Crippen LogP contribution is 2.41. The van der Waals surface area contributed by atoms with E-state index in [1.54, 1.807) is 24.3 Å². The normalized spacial score (nSPS) is 26.3. The molecule has 2 amide bonds. The molecule has 2 aromatic rings. The monoisotopic (exact) mass is 696 g/mol. The summed E-state index contributed by atoms with van der Waals surface area (Å²) in [6.45, 7) is 5.05. The predicted octanol–water partition coefficient (Wildman–Crippen LogP) is 4.97. The van der Waals surface area contributed by atoms with Crippen molar-refractivity contribution < 1.29 is 36.3 Å². The van der Waals surface area contributed by atoms with Crippen molar-refractivity contribution in [3.63, 3.8) is 0 Å². The van der Waals surface area contributed by atoms with Gasteiger partial charge in [-0.15, -0.1) is 0 Å². The molecule has 0 spiro atoms. The molecule has 3 aliphatic heterocycles. The van der Waals surface area contributed by atoms with Gasteiger partial charge >= 0.3 is 6.09 Å². The first kappa shape index (κ1) is 35.5. The molecule has 0 saturated carbocycles. The van der Waals surface area contributed by atoms with Crippen LogP contribution in [-0.2, 0) is 30.7 Å². The third-order valence-corrected chi connectivity index (χ3v) is 11.8. The number of hydrogen-bond donors (Lipinski definition) is 3. The number of alkyl carbamates (subject to hydrolysis) is 1. The Balaban J connectivity index is 1.45. The number of methoxy groups -OCH3 is 1. The summed E-state index contributed by atoms with van der Waals surface area (Å²) < 4.78 is 69.2. The van der Waals surface area contributed by atoms with E-state index in [-0.39, 0.29) is 41.8 Å². The Morgan fingerprint density at radius 3 is 2.57 bits per heavy atom. The summed E-state index contributed by atoms with van der Waals surface area (Å²) in [6, 6.07) is 7.21. The molecular formula is C33H43ClF2N4O6S. The van der Waals surface area contributed by atoms with Gasteiger partial charge in [-0.3, -0.25) is 4.79 Å². The highest BCUT2D eigenvalue weighted by atomic mass is 35.5. The number of nitrogens with zero attached hydrogens (tertiary/aromatic N) is 1. The second-order valence-electron chi connectivity index (χ2n) is 13.2. The maximum Gasteiger partial charge on any atom is 0.407 e. The Morgan fingerprint density at radius 2 is 1.87 bits per heavy atom. The highest BCUT2D eigenvalue weighted by Gasteiger charge is 2.42. The Morgan fingerprint density at radius 1 is 1.15 bits per heavy atom. The van der Waals surface area contributed by atoms with Crippen LogP contribution in [0, 0.1) is 17.6 Å². The molecule has 3 saturated heterocycles. The van der Waals surface area contributed by atoms with Crippen molar-refractivity contribution in [2.45, 2.75) is 82.0 Å². The summed E-state index contributed by atoms with van der Waals surface area (Å²) in [5, 5.41) is 9.13. The van der Waals surface area contributed by atoms with Crippen LogP contribution in [0.2, 0.25) is 5.02 Å². The maximum atomic E-state index is 15.5. The minimum atomic E-state index is -3.49. The number of piperazine rings is 1. The molecule has 47 heavy (non-hydrogen) atoms. The Hall–Kier alpha value is -2.84. The molecule has 3 fully saturated rings. The topological polar surface area (TPSA) is 126 Å². The lowest BCUT2D eigenvalue weighted by molar-refractivity contribution is -0.120. The molecule has 3 aliphatic rings. The van der Waals surface area contributed by atoms with Crippen molar-refractivity contribution in [1.82, 2.24) is 14.9 Å². The molecular weight excluding hydrogens is 654 g/mol. The van der Waals surface area contributed by atoms with E-state index in [2.05, 4.69) is 16.0 Å². The molecule has 14 heteroatoms. The van der Waals surface area contributed by atoms with Crippen LogP contribution in [-0.4, -0.2) is 81.0 Å². The first-order chi connectivity index (χ1) is 22.3. The summed E-state index contributed by atoms with van der Waals surface area (Å²) >= 11 is 6.18. The SMILES string of the molecule is COC(=O)NC(C(=O)Nc1c(F)ccc(F)c1CCC1CNC2CCCS(=O)(=O)N1C2)C(c1ccc(Cl)cc1)C1CCOC(C)(C)C1. The van der Waals surface area contributed by atoms with E-state index in [1.807, 2.05) is 13.8 Å². The number of hydrogen-bond acceptors (Lipinski definition) is 7. The number of ether oxygens (including phenoxy) is 2. The highest BCUT2D eigenvalue weighted by molar-refractivity contribution is 7.89. The first-order valence-corrected chi connectivity index (χ1v) is 18.0. The number of benzene rings is 2. The van der Waals surface area contributed by atoms with Gasteiger partial charge in [-0.05, 0) is 88.1 Å². The minimum Gasteiger partial charge on any atom is -0.453 e. The number of fused-ring (bicyclic) bond motifs is 2. The van der Waals surface area contributed by atoms with Gasteiger partial charge in [0.2, 0.25) is 15.9 Å². The third kappa shape index (κ3) is 8.43. The average molecular weight is 697 g/mol. The zero-order valence-electron chi connectivity index (χ0n) is 26.9. The Bertz CT molecular complexity index is 1560. The zero-order valence-corrected chi connectivity index (χ0v) is 28.4. The fourth-order valence-corrected chi connectivity index (χ4v) is 9.17. The lowest BCUT2D eigenvalue weighted by Crippen LogP contribution is -2.57. The maximum absolute atomic E-state index is 15.5. The lowest BCUT2D eigenvalue weighted by Gasteiger charge is -2.41. The van der Waals surface area contributed by atoms with Crippen molar-refractivity contribution in [3.05, 3.63) is 64.2 Å². The Kier molecular flexibility index (Phi) is 11.1. The van der Waals surface area contributed by atoms with Crippen molar-refractivity contribution in [2.75, 3.05) is 37.9 Å². The summed E-state index contributed by atoms with van der Waals surface area (Å²) in [6.07, 6.45) is 1.75. The molecule has 0 aliphatic carbocycles. The second kappa shape index (κ2) is 14.7. The van der Waals surface area contributed by atoms with Gasteiger partial charge in [0, 0.05) is 48.3 Å². The molecule has 258 valence electrons. The number of rotatable bonds is 9. The summed E-state index contributed by atoms with van der Waals surface area (Å²) in [5.41, 5.74) is -0.222. The predicted molar refractivity (Wildman–Crippen MR) is 175 cm³/mol. The molecule has 5 rings (SSSR count). The lowest BCUT2D eigenvalue weighted by atomic mass is 9.73. The number of halogens is 3. The van der Waals surface area contributed by atoms with E-state index >= 15 is 8.78 Å². The number of amides is 2. The van der Waals surface area contributed by atoms with Gasteiger partial charge < -0.3 is 25.4 Å². The van der Waals surface area contributed by atoms with E-state index in [1.165, 1.54) is 11.4 Å². The van der Waals surface area contributed by atoms with Crippen LogP contribution < -0.4 is 16.0 Å². The molecule has 10 nitrogen and oxygen atoms in total. The van der Waals surface area contributed by atoms with Crippen molar-refractivity contribution in [3.8, 4) is 0 Å². The van der Waals surface area contributed by atoms with Gasteiger partial charge in [0.15, 0.2) is 0 Å². The van der Waals surface area contributed by atoms with Gasteiger partial charge in [0.1, 0.15) is 17.7 Å². The summed E-state index contributed by atoms with van der Waals surface area (Å²) in [7, 11) is -2.31. The number of sulfonamides is 1. The standard InChI is InChI=1S/C33H43ClF2N4O6S/c1-33(2)17-21(14-15-46-33)28(20-6-8-22(34)9-7-20)30(39-32(42)45-3)31(41)38-29-25(26(35)12-13-27(29)36)11-10-24-18-37-23-5-4-16-47(43,44)40(24)19-23/h6-9,12-13,21,23-24,28,30,37H,4-5,10-11,14-19H2,1-3H3,(H,38,41)(H,39,42). The molecule has 3 N–H and O–H groups in total. The van der Waals surface area contributed by atoms with Crippen molar-refractivity contribution in [2.24, 2.45) is 5.92 Å². The smallest absolute Gasteiger partial charge is 0.407 e. The quantitative estimate of drug-likeness (QED) is 0.338. The van der Waals surface area contributed by atoms with Crippen molar-refractivity contribution in [1.29, 1.82) is 0 Å².